The largest absolute Gasteiger partial charge is 0.496 e. The maximum absolute atomic E-state index is 13.5. The van der Waals surface area contributed by atoms with Crippen molar-refractivity contribution in [1.29, 1.82) is 0 Å². The normalized spacial score (nSPS) is 13.0. The fraction of sp³-hybridized carbons (Fsp3) is 0.294. The number of benzene rings is 2. The van der Waals surface area contributed by atoms with Gasteiger partial charge < -0.3 is 9.64 Å². The average molecular weight is 431 g/mol. The molecule has 0 radical (unpaired) electrons. The Labute approximate surface area is 156 Å². The zero-order valence-corrected chi connectivity index (χ0v) is 16.6. The van der Waals surface area contributed by atoms with Gasteiger partial charge in [-0.05, 0) is 65.9 Å². The van der Waals surface area contributed by atoms with Crippen LogP contribution >= 0.6 is 15.9 Å². The Kier molecular flexibility index (Phi) is 6.56. The first-order chi connectivity index (χ1) is 11.7. The fourth-order valence-corrected chi connectivity index (χ4v) is 4.16. The lowest BCUT2D eigenvalue weighted by molar-refractivity contribution is 0.299. The Morgan fingerprint density at radius 3 is 2.52 bits per heavy atom. The molecule has 0 heterocycles. The first kappa shape index (κ1) is 19.8. The van der Waals surface area contributed by atoms with Crippen molar-refractivity contribution >= 4 is 26.0 Å². The molecule has 0 saturated carbocycles. The quantitative estimate of drug-likeness (QED) is 0.732. The topological polar surface area (TPSA) is 58.6 Å². The van der Waals surface area contributed by atoms with E-state index in [0.717, 1.165) is 0 Å². The highest BCUT2D eigenvalue weighted by atomic mass is 79.9. The fourth-order valence-electron chi connectivity index (χ4n) is 2.40. The monoisotopic (exact) mass is 430 g/mol. The van der Waals surface area contributed by atoms with Gasteiger partial charge in [-0.15, -0.1) is 0 Å². The number of rotatable bonds is 7. The van der Waals surface area contributed by atoms with Crippen molar-refractivity contribution < 1.29 is 17.5 Å². The summed E-state index contributed by atoms with van der Waals surface area (Å²) in [6.45, 7) is 0.114. The number of nitrogens with one attached hydrogen (secondary N) is 1. The van der Waals surface area contributed by atoms with E-state index in [-0.39, 0.29) is 23.3 Å². The zero-order chi connectivity index (χ0) is 18.6. The molecule has 0 bridgehead atoms. The van der Waals surface area contributed by atoms with Gasteiger partial charge in [0.2, 0.25) is 10.0 Å². The molecule has 8 heteroatoms. The molecule has 0 spiro atoms. The molecule has 2 rings (SSSR count). The van der Waals surface area contributed by atoms with Crippen molar-refractivity contribution in [2.75, 3.05) is 27.7 Å². The van der Waals surface area contributed by atoms with E-state index in [9.17, 15) is 12.8 Å². The number of hydrogen-bond donors (Lipinski definition) is 1. The van der Waals surface area contributed by atoms with E-state index in [2.05, 4.69) is 20.7 Å². The van der Waals surface area contributed by atoms with Crippen molar-refractivity contribution in [1.82, 2.24) is 9.62 Å². The second-order valence-electron chi connectivity index (χ2n) is 5.68. The number of nitrogens with zero attached hydrogens (tertiary/aromatic N) is 1. The molecule has 2 aromatic rings. The zero-order valence-electron chi connectivity index (χ0n) is 14.2. The summed E-state index contributed by atoms with van der Waals surface area (Å²) in [6.07, 6.45) is 0. The number of hydrogen-bond acceptors (Lipinski definition) is 4. The van der Waals surface area contributed by atoms with Crippen LogP contribution in [0.25, 0.3) is 0 Å². The third kappa shape index (κ3) is 5.01. The molecule has 1 unspecified atom stereocenters. The minimum atomic E-state index is -3.71. The van der Waals surface area contributed by atoms with Crippen LogP contribution in [0.3, 0.4) is 0 Å². The SMILES string of the molecule is COc1ccc(S(=O)(=O)NCC(c2cccc(F)c2)N(C)C)cc1Br. The van der Waals surface area contributed by atoms with Gasteiger partial charge in [-0.1, -0.05) is 12.1 Å². The van der Waals surface area contributed by atoms with Crippen molar-refractivity contribution in [3.63, 3.8) is 0 Å². The van der Waals surface area contributed by atoms with E-state index >= 15 is 0 Å². The van der Waals surface area contributed by atoms with Crippen LogP contribution in [0.1, 0.15) is 11.6 Å². The minimum Gasteiger partial charge on any atom is -0.496 e. The van der Waals surface area contributed by atoms with Crippen molar-refractivity contribution in [2.24, 2.45) is 0 Å². The number of likely N-dealkylation sites (N-methyl/N-ethyl adjacent to an activating group) is 1. The molecule has 2 aromatic carbocycles. The van der Waals surface area contributed by atoms with Gasteiger partial charge in [0, 0.05) is 12.6 Å². The molecule has 0 saturated heterocycles. The summed E-state index contributed by atoms with van der Waals surface area (Å²) >= 11 is 3.28. The lowest BCUT2D eigenvalue weighted by Gasteiger charge is -2.25. The molecule has 1 atom stereocenters. The van der Waals surface area contributed by atoms with Crippen molar-refractivity contribution in [3.05, 3.63) is 58.3 Å². The molecule has 0 aromatic heterocycles. The average Bonchev–Trinajstić information content (AvgIpc) is 2.54. The van der Waals surface area contributed by atoms with Crippen LogP contribution in [-0.2, 0) is 10.0 Å². The van der Waals surface area contributed by atoms with Gasteiger partial charge in [-0.25, -0.2) is 17.5 Å². The molecule has 0 fully saturated rings. The van der Waals surface area contributed by atoms with Crippen LogP contribution in [0.5, 0.6) is 5.75 Å². The molecule has 25 heavy (non-hydrogen) atoms. The molecule has 1 N–H and O–H groups in total. The summed E-state index contributed by atoms with van der Waals surface area (Å²) in [6, 6.07) is 10.4. The number of sulfonamides is 1. The van der Waals surface area contributed by atoms with Crippen LogP contribution in [-0.4, -0.2) is 41.1 Å². The van der Waals surface area contributed by atoms with E-state index in [1.807, 2.05) is 19.0 Å². The molecule has 0 aliphatic rings. The molecule has 5 nitrogen and oxygen atoms in total. The maximum Gasteiger partial charge on any atom is 0.240 e. The van der Waals surface area contributed by atoms with Crippen molar-refractivity contribution in [3.8, 4) is 5.75 Å². The highest BCUT2D eigenvalue weighted by Gasteiger charge is 2.21. The molecule has 0 aliphatic heterocycles. The molecule has 0 aliphatic carbocycles. The van der Waals surface area contributed by atoms with Crippen LogP contribution in [0.2, 0.25) is 0 Å². The van der Waals surface area contributed by atoms with Gasteiger partial charge in [0.25, 0.3) is 0 Å². The third-order valence-corrected chi connectivity index (χ3v) is 5.80. The molecule has 0 amide bonds. The summed E-state index contributed by atoms with van der Waals surface area (Å²) in [5.74, 6) is 0.191. The highest BCUT2D eigenvalue weighted by molar-refractivity contribution is 9.10. The first-order valence-corrected chi connectivity index (χ1v) is 9.77. The first-order valence-electron chi connectivity index (χ1n) is 7.49. The van der Waals surface area contributed by atoms with Gasteiger partial charge in [0.05, 0.1) is 16.5 Å². The predicted molar refractivity (Wildman–Crippen MR) is 98.7 cm³/mol. The molecule has 136 valence electrons. The van der Waals surface area contributed by atoms with E-state index in [1.165, 1.54) is 31.4 Å². The van der Waals surface area contributed by atoms with E-state index < -0.39 is 10.0 Å². The smallest absolute Gasteiger partial charge is 0.240 e. The predicted octanol–water partition coefficient (Wildman–Crippen LogP) is 3.18. The van der Waals surface area contributed by atoms with Crippen LogP contribution in [0, 0.1) is 5.82 Å². The number of methoxy groups -OCH3 is 1. The highest BCUT2D eigenvalue weighted by Crippen LogP contribution is 2.27. The van der Waals surface area contributed by atoms with Gasteiger partial charge in [0.15, 0.2) is 0 Å². The summed E-state index contributed by atoms with van der Waals surface area (Å²) in [5.41, 5.74) is 0.698. The number of ether oxygens (including phenoxy) is 1. The van der Waals surface area contributed by atoms with E-state index in [0.29, 0.717) is 15.8 Å². The summed E-state index contributed by atoms with van der Waals surface area (Å²) < 4.78 is 46.8. The van der Waals surface area contributed by atoms with Crippen LogP contribution < -0.4 is 9.46 Å². The van der Waals surface area contributed by atoms with Gasteiger partial charge in [0.1, 0.15) is 11.6 Å². The second kappa shape index (κ2) is 8.27. The summed E-state index contributed by atoms with van der Waals surface area (Å²) in [5, 5.41) is 0. The molecular formula is C17H20BrFN2O3S. The van der Waals surface area contributed by atoms with E-state index in [1.54, 1.807) is 18.2 Å². The lowest BCUT2D eigenvalue weighted by atomic mass is 10.1. The maximum atomic E-state index is 13.5. The Bertz CT molecular complexity index is 844. The summed E-state index contributed by atoms with van der Waals surface area (Å²) in [4.78, 5) is 1.96. The number of halogens is 2. The van der Waals surface area contributed by atoms with E-state index in [4.69, 9.17) is 4.74 Å². The van der Waals surface area contributed by atoms with Gasteiger partial charge >= 0.3 is 0 Å². The standard InChI is InChI=1S/C17H20BrFN2O3S/c1-21(2)16(12-5-4-6-13(19)9-12)11-20-25(22,23)14-7-8-17(24-3)15(18)10-14/h4-10,16,20H,11H2,1-3H3. The Morgan fingerprint density at radius 2 is 1.96 bits per heavy atom. The van der Waals surface area contributed by atoms with Crippen molar-refractivity contribution in [2.45, 2.75) is 10.9 Å². The molecular weight excluding hydrogens is 411 g/mol. The van der Waals surface area contributed by atoms with Crippen LogP contribution in [0.4, 0.5) is 4.39 Å². The minimum absolute atomic E-state index is 0.114. The lowest BCUT2D eigenvalue weighted by Crippen LogP contribution is -2.34. The third-order valence-electron chi connectivity index (χ3n) is 3.76. The second-order valence-corrected chi connectivity index (χ2v) is 8.30. The van der Waals surface area contributed by atoms with Gasteiger partial charge in [-0.3, -0.25) is 0 Å². The summed E-state index contributed by atoms with van der Waals surface area (Å²) in [7, 11) is 1.42. The van der Waals surface area contributed by atoms with Gasteiger partial charge in [-0.2, -0.15) is 0 Å². The van der Waals surface area contributed by atoms with Crippen LogP contribution in [0.15, 0.2) is 51.8 Å². The Hall–Kier alpha value is -1.48. The Balaban J connectivity index is 2.20. The Morgan fingerprint density at radius 1 is 1.24 bits per heavy atom.